The van der Waals surface area contributed by atoms with Crippen molar-refractivity contribution in [2.24, 2.45) is 10.7 Å². The van der Waals surface area contributed by atoms with Crippen LogP contribution in [0.15, 0.2) is 46.3 Å². The van der Waals surface area contributed by atoms with E-state index >= 15 is 0 Å². The third-order valence-corrected chi connectivity index (χ3v) is 5.19. The zero-order valence-corrected chi connectivity index (χ0v) is 19.4. The molecule has 9 nitrogen and oxygen atoms in total. The zero-order chi connectivity index (χ0) is 20.9. The van der Waals surface area contributed by atoms with Crippen LogP contribution in [0.5, 0.6) is 0 Å². The van der Waals surface area contributed by atoms with Gasteiger partial charge in [0.05, 0.1) is 16.4 Å². The van der Waals surface area contributed by atoms with E-state index in [1.807, 2.05) is 32.0 Å². The van der Waals surface area contributed by atoms with Gasteiger partial charge in [-0.1, -0.05) is 6.07 Å². The maximum absolute atomic E-state index is 11.6. The molecule has 2 aromatic rings. The Bertz CT molecular complexity index is 1020. The molecule has 0 aliphatic heterocycles. The number of aryl methyl sites for hydroxylation is 2. The van der Waals surface area contributed by atoms with E-state index in [1.54, 1.807) is 0 Å². The molecular weight excluding hydrogens is 509 g/mol. The van der Waals surface area contributed by atoms with E-state index in [1.165, 1.54) is 17.7 Å². The molecule has 29 heavy (non-hydrogen) atoms. The smallest absolute Gasteiger partial charge is 0.293 e. The molecule has 11 heteroatoms. The van der Waals surface area contributed by atoms with Gasteiger partial charge in [-0.05, 0) is 49.2 Å². The molecule has 0 unspecified atom stereocenters. The minimum atomic E-state index is -3.53. The summed E-state index contributed by atoms with van der Waals surface area (Å²) in [5, 5.41) is 17.1. The monoisotopic (exact) mass is 533 g/mol. The highest BCUT2D eigenvalue weighted by molar-refractivity contribution is 14.0. The van der Waals surface area contributed by atoms with Crippen LogP contribution < -0.4 is 16.4 Å². The molecule has 0 spiro atoms. The first-order valence-electron chi connectivity index (χ1n) is 8.44. The number of anilines is 2. The Kier molecular flexibility index (Phi) is 8.82. The van der Waals surface area contributed by atoms with Gasteiger partial charge in [-0.25, -0.2) is 8.42 Å². The number of hydrogen-bond acceptors (Lipinski definition) is 6. The average molecular weight is 533 g/mol. The molecule has 158 valence electrons. The van der Waals surface area contributed by atoms with Crippen LogP contribution in [0.1, 0.15) is 11.1 Å². The van der Waals surface area contributed by atoms with Gasteiger partial charge in [-0.2, -0.15) is 0 Å². The summed E-state index contributed by atoms with van der Waals surface area (Å²) in [6.45, 7) is 4.58. The molecule has 0 amide bonds. The lowest BCUT2D eigenvalue weighted by molar-refractivity contribution is -0.384. The lowest BCUT2D eigenvalue weighted by Crippen LogP contribution is -2.23. The van der Waals surface area contributed by atoms with Gasteiger partial charge in [0.1, 0.15) is 5.69 Å². The predicted molar refractivity (Wildman–Crippen MR) is 126 cm³/mol. The summed E-state index contributed by atoms with van der Waals surface area (Å²) in [6, 6.07) is 9.57. The minimum absolute atomic E-state index is 0. The van der Waals surface area contributed by atoms with Gasteiger partial charge < -0.3 is 16.4 Å². The maximum atomic E-state index is 11.6. The summed E-state index contributed by atoms with van der Waals surface area (Å²) in [5.41, 5.74) is 8.89. The quantitative estimate of drug-likeness (QED) is 0.124. The number of sulfone groups is 1. The summed E-state index contributed by atoms with van der Waals surface area (Å²) in [4.78, 5) is 14.6. The van der Waals surface area contributed by atoms with Crippen LogP contribution in [-0.2, 0) is 9.84 Å². The first kappa shape index (κ1) is 24.6. The maximum Gasteiger partial charge on any atom is 0.293 e. The van der Waals surface area contributed by atoms with Crippen molar-refractivity contribution in [3.63, 3.8) is 0 Å². The van der Waals surface area contributed by atoms with Crippen molar-refractivity contribution in [1.82, 2.24) is 0 Å². The Hall–Kier alpha value is -2.41. The van der Waals surface area contributed by atoms with E-state index in [2.05, 4.69) is 15.6 Å². The number of guanidine groups is 1. The van der Waals surface area contributed by atoms with Gasteiger partial charge in [0.15, 0.2) is 15.8 Å². The van der Waals surface area contributed by atoms with Crippen molar-refractivity contribution in [3.8, 4) is 0 Å². The standard InChI is InChI=1S/C18H23N5O4S.HI/c1-12-4-5-14(10-13(12)2)22-18(19)21-9-8-20-16-7-6-15(28(3,26)27)11-17(16)23(24)25;/h4-7,10-11,20H,8-9H2,1-3H3,(H3,19,21,22);1H. The number of nitro benzene ring substituents is 1. The van der Waals surface area contributed by atoms with Gasteiger partial charge in [-0.15, -0.1) is 24.0 Å². The van der Waals surface area contributed by atoms with Gasteiger partial charge >= 0.3 is 0 Å². The van der Waals surface area contributed by atoms with Gasteiger partial charge in [0.2, 0.25) is 0 Å². The van der Waals surface area contributed by atoms with Crippen molar-refractivity contribution >= 4 is 56.8 Å². The Balaban J connectivity index is 0.00000420. The van der Waals surface area contributed by atoms with Crippen LogP contribution in [0.2, 0.25) is 0 Å². The lowest BCUT2D eigenvalue weighted by atomic mass is 10.1. The van der Waals surface area contributed by atoms with E-state index in [4.69, 9.17) is 5.73 Å². The number of nitrogens with one attached hydrogen (secondary N) is 2. The van der Waals surface area contributed by atoms with Crippen molar-refractivity contribution in [3.05, 3.63) is 57.6 Å². The number of nitro groups is 1. The molecule has 4 N–H and O–H groups in total. The second-order valence-electron chi connectivity index (χ2n) is 6.33. The van der Waals surface area contributed by atoms with Crippen LogP contribution in [0.25, 0.3) is 0 Å². The molecule has 0 fully saturated rings. The molecule has 2 rings (SSSR count). The van der Waals surface area contributed by atoms with Crippen LogP contribution in [0.3, 0.4) is 0 Å². The number of halogens is 1. The topological polar surface area (TPSA) is 140 Å². The lowest BCUT2D eigenvalue weighted by Gasteiger charge is -2.09. The largest absolute Gasteiger partial charge is 0.378 e. The number of rotatable bonds is 7. The molecule has 0 bridgehead atoms. The summed E-state index contributed by atoms with van der Waals surface area (Å²) < 4.78 is 23.1. The number of nitrogens with two attached hydrogens (primary N) is 1. The summed E-state index contributed by atoms with van der Waals surface area (Å²) >= 11 is 0. The van der Waals surface area contributed by atoms with Crippen LogP contribution in [0.4, 0.5) is 17.1 Å². The third-order valence-electron chi connectivity index (χ3n) is 4.08. The molecule has 2 aromatic carbocycles. The molecule has 0 radical (unpaired) electrons. The van der Waals surface area contributed by atoms with Crippen LogP contribution in [-0.4, -0.2) is 38.6 Å². The van der Waals surface area contributed by atoms with Gasteiger partial charge in [-0.3, -0.25) is 15.1 Å². The Morgan fingerprint density at radius 2 is 1.86 bits per heavy atom. The molecule has 0 aromatic heterocycles. The molecule has 0 aliphatic rings. The van der Waals surface area contributed by atoms with Crippen molar-refractivity contribution in [1.29, 1.82) is 0 Å². The first-order valence-corrected chi connectivity index (χ1v) is 10.3. The van der Waals surface area contributed by atoms with Crippen LogP contribution >= 0.6 is 24.0 Å². The highest BCUT2D eigenvalue weighted by Gasteiger charge is 2.18. The van der Waals surface area contributed by atoms with Gasteiger partial charge in [0, 0.05) is 24.6 Å². The second kappa shape index (κ2) is 10.4. The predicted octanol–water partition coefficient (Wildman–Crippen LogP) is 3.07. The Labute approximate surface area is 186 Å². The van der Waals surface area contributed by atoms with Crippen molar-refractivity contribution < 1.29 is 13.3 Å². The van der Waals surface area contributed by atoms with Gasteiger partial charge in [0.25, 0.3) is 5.69 Å². The highest BCUT2D eigenvalue weighted by atomic mass is 127. The summed E-state index contributed by atoms with van der Waals surface area (Å²) in [7, 11) is -3.53. The van der Waals surface area contributed by atoms with E-state index in [0.717, 1.165) is 23.6 Å². The number of benzene rings is 2. The molecule has 0 saturated heterocycles. The number of nitrogens with zero attached hydrogens (tertiary/aromatic N) is 2. The second-order valence-corrected chi connectivity index (χ2v) is 8.34. The average Bonchev–Trinajstić information content (AvgIpc) is 2.61. The highest BCUT2D eigenvalue weighted by Crippen LogP contribution is 2.27. The summed E-state index contributed by atoms with van der Waals surface area (Å²) in [5.74, 6) is 0.229. The molecule has 0 aliphatic carbocycles. The molecule has 0 saturated carbocycles. The van der Waals surface area contributed by atoms with Crippen molar-refractivity contribution in [2.45, 2.75) is 18.7 Å². The molecule has 0 heterocycles. The van der Waals surface area contributed by atoms with E-state index < -0.39 is 14.8 Å². The van der Waals surface area contributed by atoms with E-state index in [0.29, 0.717) is 0 Å². The fourth-order valence-corrected chi connectivity index (χ4v) is 3.06. The van der Waals surface area contributed by atoms with E-state index in [9.17, 15) is 18.5 Å². The molecule has 0 atom stereocenters. The molecular formula is C18H24IN5O4S. The number of hydrogen-bond donors (Lipinski definition) is 3. The normalized spacial score (nSPS) is 11.5. The first-order chi connectivity index (χ1) is 13.1. The third kappa shape index (κ3) is 7.16. The Morgan fingerprint density at radius 1 is 1.17 bits per heavy atom. The number of aliphatic imine (C=N–C) groups is 1. The van der Waals surface area contributed by atoms with Crippen LogP contribution in [0, 0.1) is 24.0 Å². The minimum Gasteiger partial charge on any atom is -0.378 e. The SMILES string of the molecule is Cc1ccc(NC(N)=NCCNc2ccc(S(C)(=O)=O)cc2[N+](=O)[O-])cc1C.I. The Morgan fingerprint density at radius 3 is 2.45 bits per heavy atom. The van der Waals surface area contributed by atoms with Crippen molar-refractivity contribution in [2.75, 3.05) is 30.0 Å². The fourth-order valence-electron chi connectivity index (χ4n) is 2.42. The summed E-state index contributed by atoms with van der Waals surface area (Å²) in [6.07, 6.45) is 0.999. The van der Waals surface area contributed by atoms with E-state index in [-0.39, 0.29) is 59.3 Å². The fraction of sp³-hybridized carbons (Fsp3) is 0.278. The zero-order valence-electron chi connectivity index (χ0n) is 16.3.